The molecule has 19 heavy (non-hydrogen) atoms. The van der Waals surface area contributed by atoms with Gasteiger partial charge in [-0.25, -0.2) is 0 Å². The fraction of sp³-hybridized carbons (Fsp3) is 0.688. The summed E-state index contributed by atoms with van der Waals surface area (Å²) in [5.41, 5.74) is 1.24. The van der Waals surface area contributed by atoms with Crippen molar-refractivity contribution in [3.05, 3.63) is 24.0 Å². The molecule has 0 saturated heterocycles. The molecule has 0 spiro atoms. The molecule has 108 valence electrons. The highest BCUT2D eigenvalue weighted by Gasteiger charge is 2.20. The van der Waals surface area contributed by atoms with Gasteiger partial charge in [-0.3, -0.25) is 4.98 Å². The van der Waals surface area contributed by atoms with Crippen molar-refractivity contribution in [3.63, 3.8) is 0 Å². The van der Waals surface area contributed by atoms with Crippen LogP contribution < -0.4 is 10.1 Å². The van der Waals surface area contributed by atoms with Crippen molar-refractivity contribution in [3.8, 4) is 5.75 Å². The van der Waals surface area contributed by atoms with Crippen molar-refractivity contribution in [2.24, 2.45) is 5.92 Å². The van der Waals surface area contributed by atoms with Crippen molar-refractivity contribution in [1.29, 1.82) is 0 Å². The number of ether oxygens (including phenoxy) is 1. The van der Waals surface area contributed by atoms with Crippen LogP contribution in [0.25, 0.3) is 0 Å². The maximum Gasteiger partial charge on any atom is 0.137 e. The third kappa shape index (κ3) is 4.83. The van der Waals surface area contributed by atoms with Crippen molar-refractivity contribution < 1.29 is 4.74 Å². The summed E-state index contributed by atoms with van der Waals surface area (Å²) in [6.45, 7) is 10.5. The number of pyridine rings is 1. The molecular formula is C16H28N2O. The standard InChI is InChI=1S/C16H28N2O/c1-5-9-19-15-10-14(11-17-12-15)16(18-8-4)13(6-2)7-3/h10-13,16,18H,5-9H2,1-4H3. The summed E-state index contributed by atoms with van der Waals surface area (Å²) in [6.07, 6.45) is 7.13. The normalized spacial score (nSPS) is 12.7. The summed E-state index contributed by atoms with van der Waals surface area (Å²) in [7, 11) is 0. The van der Waals surface area contributed by atoms with E-state index in [1.54, 1.807) is 6.20 Å². The highest BCUT2D eigenvalue weighted by atomic mass is 16.5. The molecule has 0 aromatic carbocycles. The predicted molar refractivity (Wildman–Crippen MR) is 80.5 cm³/mol. The molecule has 0 saturated carbocycles. The van der Waals surface area contributed by atoms with Crippen molar-refractivity contribution >= 4 is 0 Å². The second-order valence-corrected chi connectivity index (χ2v) is 4.91. The van der Waals surface area contributed by atoms with Crippen LogP contribution in [0.15, 0.2) is 18.5 Å². The van der Waals surface area contributed by atoms with Gasteiger partial charge in [0.2, 0.25) is 0 Å². The molecule has 1 atom stereocenters. The first-order chi connectivity index (χ1) is 9.26. The molecule has 0 bridgehead atoms. The topological polar surface area (TPSA) is 34.1 Å². The lowest BCUT2D eigenvalue weighted by molar-refractivity contribution is 0.312. The average molecular weight is 264 g/mol. The minimum absolute atomic E-state index is 0.373. The van der Waals surface area contributed by atoms with E-state index in [0.717, 1.165) is 25.3 Å². The van der Waals surface area contributed by atoms with Crippen LogP contribution in [0.3, 0.4) is 0 Å². The molecule has 0 aliphatic heterocycles. The highest BCUT2D eigenvalue weighted by Crippen LogP contribution is 2.28. The van der Waals surface area contributed by atoms with Crippen molar-refractivity contribution in [1.82, 2.24) is 10.3 Å². The van der Waals surface area contributed by atoms with Crippen LogP contribution >= 0.6 is 0 Å². The Morgan fingerprint density at radius 1 is 1.16 bits per heavy atom. The Morgan fingerprint density at radius 2 is 1.89 bits per heavy atom. The van der Waals surface area contributed by atoms with E-state index >= 15 is 0 Å². The van der Waals surface area contributed by atoms with Gasteiger partial charge in [0.15, 0.2) is 0 Å². The van der Waals surface area contributed by atoms with Crippen LogP contribution in [0.1, 0.15) is 58.6 Å². The first kappa shape index (κ1) is 16.0. The summed E-state index contributed by atoms with van der Waals surface area (Å²) in [5.74, 6) is 1.52. The smallest absolute Gasteiger partial charge is 0.137 e. The average Bonchev–Trinajstić information content (AvgIpc) is 2.45. The summed E-state index contributed by atoms with van der Waals surface area (Å²) < 4.78 is 5.68. The van der Waals surface area contributed by atoms with Gasteiger partial charge in [-0.15, -0.1) is 0 Å². The first-order valence-electron chi connectivity index (χ1n) is 7.57. The van der Waals surface area contributed by atoms with E-state index in [2.05, 4.69) is 44.1 Å². The summed E-state index contributed by atoms with van der Waals surface area (Å²) >= 11 is 0. The van der Waals surface area contributed by atoms with E-state index in [9.17, 15) is 0 Å². The molecule has 1 heterocycles. The largest absolute Gasteiger partial charge is 0.492 e. The van der Waals surface area contributed by atoms with Crippen molar-refractivity contribution in [2.75, 3.05) is 13.2 Å². The molecule has 1 aromatic rings. The van der Waals surface area contributed by atoms with E-state index in [1.165, 1.54) is 18.4 Å². The third-order valence-electron chi connectivity index (χ3n) is 3.51. The number of hydrogen-bond acceptors (Lipinski definition) is 3. The molecule has 0 aliphatic carbocycles. The highest BCUT2D eigenvalue weighted by molar-refractivity contribution is 5.26. The zero-order valence-electron chi connectivity index (χ0n) is 12.8. The van der Waals surface area contributed by atoms with Gasteiger partial charge in [0.1, 0.15) is 5.75 Å². The molecule has 3 nitrogen and oxygen atoms in total. The Bertz CT molecular complexity index is 350. The molecule has 0 aliphatic rings. The lowest BCUT2D eigenvalue weighted by Crippen LogP contribution is -2.27. The van der Waals surface area contributed by atoms with Gasteiger partial charge in [-0.1, -0.05) is 40.5 Å². The first-order valence-corrected chi connectivity index (χ1v) is 7.57. The van der Waals surface area contributed by atoms with Gasteiger partial charge in [0.25, 0.3) is 0 Å². The third-order valence-corrected chi connectivity index (χ3v) is 3.51. The van der Waals surface area contributed by atoms with Crippen molar-refractivity contribution in [2.45, 2.75) is 53.0 Å². The molecular weight excluding hydrogens is 236 g/mol. The minimum Gasteiger partial charge on any atom is -0.492 e. The van der Waals surface area contributed by atoms with E-state index in [0.29, 0.717) is 12.0 Å². The van der Waals surface area contributed by atoms with E-state index < -0.39 is 0 Å². The van der Waals surface area contributed by atoms with Crippen LogP contribution in [0.5, 0.6) is 5.75 Å². The second kappa shape index (κ2) is 8.92. The Labute approximate surface area is 117 Å². The van der Waals surface area contributed by atoms with Gasteiger partial charge < -0.3 is 10.1 Å². The summed E-state index contributed by atoms with van der Waals surface area (Å²) in [5, 5.41) is 3.59. The van der Waals surface area contributed by atoms with Crippen LogP contribution in [0, 0.1) is 5.92 Å². The molecule has 0 fully saturated rings. The second-order valence-electron chi connectivity index (χ2n) is 4.91. The zero-order chi connectivity index (χ0) is 14.1. The zero-order valence-corrected chi connectivity index (χ0v) is 12.8. The Morgan fingerprint density at radius 3 is 2.47 bits per heavy atom. The van der Waals surface area contributed by atoms with E-state index in [4.69, 9.17) is 4.74 Å². The van der Waals surface area contributed by atoms with Gasteiger partial charge in [0, 0.05) is 12.2 Å². The molecule has 1 N–H and O–H groups in total. The summed E-state index contributed by atoms with van der Waals surface area (Å²) in [4.78, 5) is 4.33. The number of hydrogen-bond donors (Lipinski definition) is 1. The fourth-order valence-electron chi connectivity index (χ4n) is 2.44. The van der Waals surface area contributed by atoms with Gasteiger partial charge >= 0.3 is 0 Å². The van der Waals surface area contributed by atoms with Crippen LogP contribution in [0.2, 0.25) is 0 Å². The minimum atomic E-state index is 0.373. The maximum atomic E-state index is 5.68. The number of nitrogens with one attached hydrogen (secondary N) is 1. The van der Waals surface area contributed by atoms with Crippen LogP contribution in [-0.2, 0) is 0 Å². The monoisotopic (exact) mass is 264 g/mol. The van der Waals surface area contributed by atoms with E-state index in [1.807, 2.05) is 6.20 Å². The Balaban J connectivity index is 2.88. The summed E-state index contributed by atoms with van der Waals surface area (Å²) in [6, 6.07) is 2.51. The predicted octanol–water partition coefficient (Wildman–Crippen LogP) is 3.96. The molecule has 0 amide bonds. The van der Waals surface area contributed by atoms with Crippen LogP contribution in [-0.4, -0.2) is 18.1 Å². The van der Waals surface area contributed by atoms with E-state index in [-0.39, 0.29) is 0 Å². The lowest BCUT2D eigenvalue weighted by atomic mass is 9.89. The van der Waals surface area contributed by atoms with Gasteiger partial charge in [-0.05, 0) is 30.5 Å². The number of nitrogens with zero attached hydrogens (tertiary/aromatic N) is 1. The molecule has 3 heteroatoms. The Hall–Kier alpha value is -1.09. The maximum absolute atomic E-state index is 5.68. The molecule has 1 unspecified atom stereocenters. The Kier molecular flexibility index (Phi) is 7.49. The molecule has 1 aromatic heterocycles. The fourth-order valence-corrected chi connectivity index (χ4v) is 2.44. The number of rotatable bonds is 9. The number of aromatic nitrogens is 1. The molecule has 1 rings (SSSR count). The quantitative estimate of drug-likeness (QED) is 0.733. The van der Waals surface area contributed by atoms with Crippen LogP contribution in [0.4, 0.5) is 0 Å². The van der Waals surface area contributed by atoms with Gasteiger partial charge in [0.05, 0.1) is 12.8 Å². The SMILES string of the molecule is CCCOc1cncc(C(NCC)C(CC)CC)c1. The molecule has 0 radical (unpaired) electrons. The van der Waals surface area contributed by atoms with Gasteiger partial charge in [-0.2, -0.15) is 0 Å². The lowest BCUT2D eigenvalue weighted by Gasteiger charge is -2.26.